The van der Waals surface area contributed by atoms with Crippen LogP contribution in [0.25, 0.3) is 0 Å². The van der Waals surface area contributed by atoms with Gasteiger partial charge in [-0.15, -0.1) is 0 Å². The summed E-state index contributed by atoms with van der Waals surface area (Å²) in [7, 11) is 3.68. The number of phenols is 1. The molecule has 4 aliphatic rings. The summed E-state index contributed by atoms with van der Waals surface area (Å²) in [6, 6.07) is 7.29. The van der Waals surface area contributed by atoms with E-state index in [0.717, 1.165) is 11.3 Å². The second-order valence-electron chi connectivity index (χ2n) is 10.8. The van der Waals surface area contributed by atoms with Gasteiger partial charge in [0.2, 0.25) is 6.79 Å². The van der Waals surface area contributed by atoms with Gasteiger partial charge in [0.25, 0.3) is 5.91 Å². The molecule has 1 heterocycles. The number of carbonyl (C=O) groups is 3. The number of nitrogens with zero attached hydrogens (tertiary/aromatic N) is 1. The molecule has 3 unspecified atom stereocenters. The summed E-state index contributed by atoms with van der Waals surface area (Å²) in [5.74, 6) is -4.28. The number of aliphatic hydroxyl groups excluding tert-OH is 2. The zero-order valence-electron chi connectivity index (χ0n) is 22.0. The number of ketones is 2. The number of ether oxygens (including phenoxy) is 2. The first-order chi connectivity index (χ1) is 19.1. The molecule has 0 spiro atoms. The second-order valence-corrected chi connectivity index (χ2v) is 10.8. The van der Waals surface area contributed by atoms with Crippen molar-refractivity contribution in [3.63, 3.8) is 0 Å². The first kappa shape index (κ1) is 25.6. The normalized spacial score (nSPS) is 23.0. The molecule has 2 aromatic rings. The zero-order chi connectivity index (χ0) is 28.5. The number of Topliss-reactive ketones (excluding diaryl/α,β-unsaturated/α-hetero) is 2. The van der Waals surface area contributed by atoms with E-state index in [1.54, 1.807) is 12.1 Å². The van der Waals surface area contributed by atoms with Crippen molar-refractivity contribution in [2.45, 2.75) is 25.8 Å². The van der Waals surface area contributed by atoms with Crippen LogP contribution < -0.4 is 25.4 Å². The van der Waals surface area contributed by atoms with E-state index in [4.69, 9.17) is 15.2 Å². The molecule has 1 amide bonds. The Morgan fingerprint density at radius 2 is 1.85 bits per heavy atom. The van der Waals surface area contributed by atoms with Crippen LogP contribution in [0.2, 0.25) is 0 Å². The van der Waals surface area contributed by atoms with E-state index in [9.17, 15) is 29.7 Å². The number of phenolic OH excluding ortho intramolecular Hbond substituents is 1. The Kier molecular flexibility index (Phi) is 5.90. The number of primary amides is 1. The highest BCUT2D eigenvalue weighted by atomic mass is 16.7. The molecule has 2 aromatic carbocycles. The summed E-state index contributed by atoms with van der Waals surface area (Å²) in [4.78, 5) is 40.7. The minimum atomic E-state index is -1.15. The number of nitrogens with two attached hydrogens (primary N) is 1. The molecule has 40 heavy (non-hydrogen) atoms. The van der Waals surface area contributed by atoms with Crippen LogP contribution in [0.5, 0.6) is 17.2 Å². The summed E-state index contributed by atoms with van der Waals surface area (Å²) in [5.41, 5.74) is 7.47. The van der Waals surface area contributed by atoms with Gasteiger partial charge in [-0.3, -0.25) is 14.4 Å². The molecule has 11 nitrogen and oxygen atoms in total. The summed E-state index contributed by atoms with van der Waals surface area (Å²) in [5, 5.41) is 36.1. The number of fused-ring (bicyclic) bond motifs is 4. The van der Waals surface area contributed by atoms with Crippen LogP contribution in [0.15, 0.2) is 46.9 Å². The number of allylic oxidation sites excluding steroid dienone is 3. The Hall–Kier alpha value is -4.67. The maximum absolute atomic E-state index is 14.0. The van der Waals surface area contributed by atoms with E-state index < -0.39 is 46.6 Å². The fourth-order valence-corrected chi connectivity index (χ4v) is 6.47. The van der Waals surface area contributed by atoms with Crippen molar-refractivity contribution in [3.8, 4) is 17.2 Å². The first-order valence-electron chi connectivity index (χ1n) is 13.0. The molecular weight excluding hydrogens is 518 g/mol. The highest BCUT2D eigenvalue weighted by molar-refractivity contribution is 6.22. The summed E-state index contributed by atoms with van der Waals surface area (Å²) >= 11 is 0. The molecular formula is C29H29N3O8. The molecule has 6 rings (SSSR count). The van der Waals surface area contributed by atoms with Crippen LogP contribution >= 0.6 is 0 Å². The third-order valence-electron chi connectivity index (χ3n) is 8.26. The minimum Gasteiger partial charge on any atom is -0.511 e. The molecule has 208 valence electrons. The number of hydrogen-bond acceptors (Lipinski definition) is 10. The molecule has 3 atom stereocenters. The van der Waals surface area contributed by atoms with E-state index >= 15 is 0 Å². The van der Waals surface area contributed by atoms with Gasteiger partial charge in [-0.2, -0.15) is 0 Å². The number of aromatic hydroxyl groups is 1. The van der Waals surface area contributed by atoms with Gasteiger partial charge in [-0.1, -0.05) is 6.07 Å². The van der Waals surface area contributed by atoms with Crippen molar-refractivity contribution in [1.29, 1.82) is 0 Å². The van der Waals surface area contributed by atoms with Crippen LogP contribution in [0.1, 0.15) is 34.3 Å². The van der Waals surface area contributed by atoms with Crippen molar-refractivity contribution >= 4 is 28.8 Å². The van der Waals surface area contributed by atoms with E-state index in [1.165, 1.54) is 0 Å². The monoisotopic (exact) mass is 547 g/mol. The Morgan fingerprint density at radius 3 is 2.58 bits per heavy atom. The Labute approximate surface area is 229 Å². The molecule has 0 radical (unpaired) electrons. The average molecular weight is 548 g/mol. The van der Waals surface area contributed by atoms with E-state index in [1.807, 2.05) is 31.1 Å². The quantitative estimate of drug-likeness (QED) is 0.277. The number of nitrogens with one attached hydrogen (secondary N) is 1. The summed E-state index contributed by atoms with van der Waals surface area (Å²) < 4.78 is 10.8. The van der Waals surface area contributed by atoms with Gasteiger partial charge in [0, 0.05) is 38.3 Å². The third-order valence-corrected chi connectivity index (χ3v) is 8.26. The van der Waals surface area contributed by atoms with Crippen LogP contribution in [-0.2, 0) is 22.6 Å². The lowest BCUT2D eigenvalue weighted by atomic mass is 9.62. The maximum Gasteiger partial charge on any atom is 0.255 e. The summed E-state index contributed by atoms with van der Waals surface area (Å²) in [6.07, 6.45) is 0.682. The highest BCUT2D eigenvalue weighted by Gasteiger charge is 2.50. The van der Waals surface area contributed by atoms with Crippen LogP contribution in [0.3, 0.4) is 0 Å². The molecule has 0 bridgehead atoms. The van der Waals surface area contributed by atoms with Gasteiger partial charge in [-0.05, 0) is 54.0 Å². The van der Waals surface area contributed by atoms with E-state index in [2.05, 4.69) is 5.32 Å². The van der Waals surface area contributed by atoms with Crippen LogP contribution in [0.4, 0.5) is 11.4 Å². The van der Waals surface area contributed by atoms with Gasteiger partial charge < -0.3 is 40.7 Å². The van der Waals surface area contributed by atoms with E-state index in [-0.39, 0.29) is 35.9 Å². The number of carbonyl (C=O) groups excluding carboxylic acids is 3. The number of rotatable bonds is 5. The fourth-order valence-electron chi connectivity index (χ4n) is 6.47. The highest BCUT2D eigenvalue weighted by Crippen LogP contribution is 2.51. The van der Waals surface area contributed by atoms with Gasteiger partial charge in [0.15, 0.2) is 23.1 Å². The molecule has 0 saturated heterocycles. The standard InChI is InChI=1S/C29H29N3O8/c1-32(2)17-9-16(31-10-12-3-4-19-20(5-12)40-11-39-19)25(34)23-15(17)7-13-6-14-8-18(33)24(29(30)38)28(37)22(14)26(35)21(13)27(23)36/h3-5,9,13-14,22,31,33-35H,6-8,10-11H2,1-2H3,(H2,30,38). The van der Waals surface area contributed by atoms with Gasteiger partial charge in [-0.25, -0.2) is 0 Å². The first-order valence-corrected chi connectivity index (χ1v) is 13.0. The van der Waals surface area contributed by atoms with Crippen molar-refractivity contribution in [1.82, 2.24) is 0 Å². The molecule has 0 aromatic heterocycles. The number of benzene rings is 2. The van der Waals surface area contributed by atoms with Crippen molar-refractivity contribution in [2.24, 2.45) is 23.5 Å². The fraction of sp³-hybridized carbons (Fsp3) is 0.345. The summed E-state index contributed by atoms with van der Waals surface area (Å²) in [6.45, 7) is 0.481. The van der Waals surface area contributed by atoms with Crippen molar-refractivity contribution in [2.75, 3.05) is 31.1 Å². The minimum absolute atomic E-state index is 0.00191. The molecule has 1 aliphatic heterocycles. The SMILES string of the molecule is CN(C)c1cc(NCc2ccc3c(c2)OCO3)c(O)c2c1CC1CC3CC(O)=C(C(N)=O)C(=O)C3C(O)=C1C2=O. The predicted molar refractivity (Wildman–Crippen MR) is 144 cm³/mol. The maximum atomic E-state index is 14.0. The van der Waals surface area contributed by atoms with Gasteiger partial charge >= 0.3 is 0 Å². The molecule has 6 N–H and O–H groups in total. The lowest BCUT2D eigenvalue weighted by molar-refractivity contribution is -0.126. The van der Waals surface area contributed by atoms with Gasteiger partial charge in [0.05, 0.1) is 17.2 Å². The average Bonchev–Trinajstić information content (AvgIpc) is 3.35. The second kappa shape index (κ2) is 9.22. The zero-order valence-corrected chi connectivity index (χ0v) is 22.0. The Balaban J connectivity index is 1.38. The Morgan fingerprint density at radius 1 is 1.10 bits per heavy atom. The Bertz CT molecular complexity index is 1560. The molecule has 0 saturated carbocycles. The lowest BCUT2D eigenvalue weighted by Crippen LogP contribution is -2.43. The molecule has 0 fully saturated rings. The number of hydrogen-bond donors (Lipinski definition) is 5. The number of amides is 1. The largest absolute Gasteiger partial charge is 0.511 e. The third kappa shape index (κ3) is 3.83. The van der Waals surface area contributed by atoms with Crippen molar-refractivity contribution < 1.29 is 39.2 Å². The number of anilines is 2. The smallest absolute Gasteiger partial charge is 0.255 e. The van der Waals surface area contributed by atoms with Crippen LogP contribution in [0, 0.1) is 17.8 Å². The van der Waals surface area contributed by atoms with Gasteiger partial charge in [0.1, 0.15) is 22.8 Å². The number of aliphatic hydroxyl groups is 2. The topological polar surface area (TPSA) is 172 Å². The van der Waals surface area contributed by atoms with Crippen LogP contribution in [-0.4, -0.2) is 53.7 Å². The molecule has 3 aliphatic carbocycles. The predicted octanol–water partition coefficient (Wildman–Crippen LogP) is 2.87. The molecule has 11 heteroatoms. The van der Waals surface area contributed by atoms with Crippen molar-refractivity contribution in [3.05, 3.63) is 63.6 Å². The lowest BCUT2D eigenvalue weighted by Gasteiger charge is -2.41. The van der Waals surface area contributed by atoms with E-state index in [0.29, 0.717) is 42.1 Å².